The van der Waals surface area contributed by atoms with Crippen molar-refractivity contribution < 1.29 is 4.74 Å². The van der Waals surface area contributed by atoms with Crippen molar-refractivity contribution in [3.63, 3.8) is 0 Å². The standard InChI is InChI=1S/C16H19ClN2O/c1-4-18-16(15-8-5-12(17)10-19-15)14-7-6-13(20-3)9-11(14)2/h5-10,16,18H,4H2,1-3H3. The molecule has 0 radical (unpaired) electrons. The van der Waals surface area contributed by atoms with Crippen molar-refractivity contribution >= 4 is 11.6 Å². The summed E-state index contributed by atoms with van der Waals surface area (Å²) >= 11 is 5.91. The third-order valence-corrected chi connectivity index (χ3v) is 3.47. The zero-order chi connectivity index (χ0) is 14.5. The molecular formula is C16H19ClN2O. The van der Waals surface area contributed by atoms with Gasteiger partial charge >= 0.3 is 0 Å². The maximum absolute atomic E-state index is 5.91. The fourth-order valence-corrected chi connectivity index (χ4v) is 2.35. The van der Waals surface area contributed by atoms with Crippen LogP contribution in [-0.4, -0.2) is 18.6 Å². The van der Waals surface area contributed by atoms with E-state index in [0.717, 1.165) is 18.0 Å². The number of hydrogen-bond acceptors (Lipinski definition) is 3. The first-order chi connectivity index (χ1) is 9.65. The van der Waals surface area contributed by atoms with Crippen LogP contribution in [0.25, 0.3) is 0 Å². The summed E-state index contributed by atoms with van der Waals surface area (Å²) in [4.78, 5) is 4.43. The molecular weight excluding hydrogens is 272 g/mol. The highest BCUT2D eigenvalue weighted by Crippen LogP contribution is 2.27. The molecule has 0 saturated carbocycles. The molecule has 0 spiro atoms. The third kappa shape index (κ3) is 3.30. The predicted octanol–water partition coefficient (Wildman–Crippen LogP) is 3.75. The van der Waals surface area contributed by atoms with Crippen LogP contribution < -0.4 is 10.1 Å². The molecule has 0 saturated heterocycles. The van der Waals surface area contributed by atoms with E-state index in [1.165, 1.54) is 11.1 Å². The van der Waals surface area contributed by atoms with E-state index in [1.54, 1.807) is 13.3 Å². The molecule has 3 nitrogen and oxygen atoms in total. The van der Waals surface area contributed by atoms with E-state index < -0.39 is 0 Å². The summed E-state index contributed by atoms with van der Waals surface area (Å²) in [5, 5.41) is 4.12. The topological polar surface area (TPSA) is 34.2 Å². The van der Waals surface area contributed by atoms with Gasteiger partial charge < -0.3 is 10.1 Å². The smallest absolute Gasteiger partial charge is 0.119 e. The summed E-state index contributed by atoms with van der Waals surface area (Å²) in [7, 11) is 1.68. The Bertz CT molecular complexity index is 569. The Morgan fingerprint density at radius 1 is 1.30 bits per heavy atom. The van der Waals surface area contributed by atoms with Gasteiger partial charge in [0.2, 0.25) is 0 Å². The van der Waals surface area contributed by atoms with Crippen molar-refractivity contribution in [1.29, 1.82) is 0 Å². The van der Waals surface area contributed by atoms with Crippen molar-refractivity contribution in [3.05, 3.63) is 58.4 Å². The second-order valence-electron chi connectivity index (χ2n) is 4.61. The van der Waals surface area contributed by atoms with E-state index in [9.17, 15) is 0 Å². The number of nitrogens with one attached hydrogen (secondary N) is 1. The van der Waals surface area contributed by atoms with Crippen LogP contribution in [0.2, 0.25) is 5.02 Å². The zero-order valence-corrected chi connectivity index (χ0v) is 12.7. The lowest BCUT2D eigenvalue weighted by Gasteiger charge is -2.20. The minimum Gasteiger partial charge on any atom is -0.497 e. The SMILES string of the molecule is CCNC(c1ccc(Cl)cn1)c1ccc(OC)cc1C. The summed E-state index contributed by atoms with van der Waals surface area (Å²) in [6.07, 6.45) is 1.68. The normalized spacial score (nSPS) is 12.2. The molecule has 0 bridgehead atoms. The molecule has 1 atom stereocenters. The fourth-order valence-electron chi connectivity index (χ4n) is 2.24. The van der Waals surface area contributed by atoms with Crippen molar-refractivity contribution in [1.82, 2.24) is 10.3 Å². The van der Waals surface area contributed by atoms with Crippen LogP contribution in [0.15, 0.2) is 36.5 Å². The van der Waals surface area contributed by atoms with Gasteiger partial charge in [0.15, 0.2) is 0 Å². The van der Waals surface area contributed by atoms with Gasteiger partial charge in [0.25, 0.3) is 0 Å². The minimum atomic E-state index is 0.0585. The molecule has 4 heteroatoms. The second kappa shape index (κ2) is 6.73. The first kappa shape index (κ1) is 14.8. The molecule has 2 aromatic rings. The Morgan fingerprint density at radius 3 is 2.65 bits per heavy atom. The lowest BCUT2D eigenvalue weighted by molar-refractivity contribution is 0.414. The largest absolute Gasteiger partial charge is 0.497 e. The summed E-state index contributed by atoms with van der Waals surface area (Å²) < 4.78 is 5.26. The van der Waals surface area contributed by atoms with Gasteiger partial charge in [-0.05, 0) is 48.9 Å². The van der Waals surface area contributed by atoms with Crippen molar-refractivity contribution in [3.8, 4) is 5.75 Å². The minimum absolute atomic E-state index is 0.0585. The van der Waals surface area contributed by atoms with E-state index >= 15 is 0 Å². The Hall–Kier alpha value is -1.58. The first-order valence-corrected chi connectivity index (χ1v) is 7.03. The number of ether oxygens (including phenoxy) is 1. The number of methoxy groups -OCH3 is 1. The van der Waals surface area contributed by atoms with E-state index in [2.05, 4.69) is 30.2 Å². The highest BCUT2D eigenvalue weighted by atomic mass is 35.5. The van der Waals surface area contributed by atoms with E-state index in [-0.39, 0.29) is 6.04 Å². The quantitative estimate of drug-likeness (QED) is 0.910. The van der Waals surface area contributed by atoms with E-state index in [1.807, 2.05) is 24.3 Å². The first-order valence-electron chi connectivity index (χ1n) is 6.65. The molecule has 1 heterocycles. The van der Waals surface area contributed by atoms with E-state index in [0.29, 0.717) is 5.02 Å². The summed E-state index contributed by atoms with van der Waals surface area (Å²) in [6, 6.07) is 9.98. The van der Waals surface area contributed by atoms with Gasteiger partial charge in [-0.15, -0.1) is 0 Å². The van der Waals surface area contributed by atoms with Crippen LogP contribution in [0.4, 0.5) is 0 Å². The fraction of sp³-hybridized carbons (Fsp3) is 0.312. The molecule has 0 fully saturated rings. The zero-order valence-electron chi connectivity index (χ0n) is 12.0. The van der Waals surface area contributed by atoms with Crippen LogP contribution in [0.1, 0.15) is 29.8 Å². The van der Waals surface area contributed by atoms with Crippen LogP contribution in [-0.2, 0) is 0 Å². The van der Waals surface area contributed by atoms with E-state index in [4.69, 9.17) is 16.3 Å². The van der Waals surface area contributed by atoms with Gasteiger partial charge in [0.05, 0.1) is 23.9 Å². The van der Waals surface area contributed by atoms with Gasteiger partial charge in [0, 0.05) is 6.20 Å². The maximum atomic E-state index is 5.91. The highest BCUT2D eigenvalue weighted by molar-refractivity contribution is 6.30. The lowest BCUT2D eigenvalue weighted by atomic mass is 9.98. The molecule has 0 aliphatic heterocycles. The summed E-state index contributed by atoms with van der Waals surface area (Å²) in [6.45, 7) is 5.03. The summed E-state index contributed by atoms with van der Waals surface area (Å²) in [5.41, 5.74) is 3.33. The number of hydrogen-bond donors (Lipinski definition) is 1. The molecule has 20 heavy (non-hydrogen) atoms. The molecule has 0 aliphatic rings. The Balaban J connectivity index is 2.40. The van der Waals surface area contributed by atoms with Gasteiger partial charge in [0.1, 0.15) is 5.75 Å². The number of nitrogens with zero attached hydrogens (tertiary/aromatic N) is 1. The number of pyridine rings is 1. The number of aryl methyl sites for hydroxylation is 1. The molecule has 0 aliphatic carbocycles. The van der Waals surface area contributed by atoms with Crippen molar-refractivity contribution in [2.24, 2.45) is 0 Å². The van der Waals surface area contributed by atoms with Crippen LogP contribution >= 0.6 is 11.6 Å². The van der Waals surface area contributed by atoms with Crippen LogP contribution in [0, 0.1) is 6.92 Å². The lowest BCUT2D eigenvalue weighted by Crippen LogP contribution is -2.23. The van der Waals surface area contributed by atoms with Gasteiger partial charge in [-0.25, -0.2) is 0 Å². The average molecular weight is 291 g/mol. The number of halogens is 1. The van der Waals surface area contributed by atoms with Gasteiger partial charge in [-0.1, -0.05) is 24.6 Å². The third-order valence-electron chi connectivity index (χ3n) is 3.24. The number of benzene rings is 1. The Kier molecular flexibility index (Phi) is 4.99. The molecule has 0 amide bonds. The molecule has 106 valence electrons. The monoisotopic (exact) mass is 290 g/mol. The van der Waals surface area contributed by atoms with Crippen molar-refractivity contribution in [2.75, 3.05) is 13.7 Å². The molecule has 1 aromatic carbocycles. The van der Waals surface area contributed by atoms with Crippen molar-refractivity contribution in [2.45, 2.75) is 19.9 Å². The average Bonchev–Trinajstić information content (AvgIpc) is 2.46. The molecule has 1 N–H and O–H groups in total. The summed E-state index contributed by atoms with van der Waals surface area (Å²) in [5.74, 6) is 0.866. The number of aromatic nitrogens is 1. The highest BCUT2D eigenvalue weighted by Gasteiger charge is 2.16. The molecule has 1 unspecified atom stereocenters. The van der Waals surface area contributed by atoms with Gasteiger partial charge in [-0.3, -0.25) is 4.98 Å². The maximum Gasteiger partial charge on any atom is 0.119 e. The molecule has 2 rings (SSSR count). The second-order valence-corrected chi connectivity index (χ2v) is 5.05. The van der Waals surface area contributed by atoms with Crippen LogP contribution in [0.3, 0.4) is 0 Å². The Morgan fingerprint density at radius 2 is 2.10 bits per heavy atom. The molecule has 1 aromatic heterocycles. The Labute approximate surface area is 124 Å². The van der Waals surface area contributed by atoms with Crippen LogP contribution in [0.5, 0.6) is 5.75 Å². The number of rotatable bonds is 5. The van der Waals surface area contributed by atoms with Gasteiger partial charge in [-0.2, -0.15) is 0 Å². The predicted molar refractivity (Wildman–Crippen MR) is 82.5 cm³/mol.